The lowest BCUT2D eigenvalue weighted by Crippen LogP contribution is -2.05. The Bertz CT molecular complexity index is 800. The Morgan fingerprint density at radius 1 is 1.12 bits per heavy atom. The topological polar surface area (TPSA) is 86.0 Å². The molecule has 1 saturated heterocycles. The molecule has 7 nitrogen and oxygen atoms in total. The first-order valence-electron chi connectivity index (χ1n) is 7.89. The van der Waals surface area contributed by atoms with Crippen LogP contribution >= 0.6 is 0 Å². The fourth-order valence-corrected chi connectivity index (χ4v) is 2.67. The number of ether oxygens (including phenoxy) is 1. The SMILES string of the molecule is c1ccc(-c2cc(CNc3cc(C4CCOC4)ncn3)on2)nc1. The van der Waals surface area contributed by atoms with Crippen LogP contribution in [0.1, 0.15) is 23.8 Å². The Morgan fingerprint density at radius 2 is 2.12 bits per heavy atom. The molecule has 24 heavy (non-hydrogen) atoms. The fraction of sp³-hybridized carbons (Fsp3) is 0.294. The zero-order chi connectivity index (χ0) is 16.2. The quantitative estimate of drug-likeness (QED) is 0.772. The van der Waals surface area contributed by atoms with E-state index in [9.17, 15) is 0 Å². The van der Waals surface area contributed by atoms with Gasteiger partial charge < -0.3 is 14.6 Å². The van der Waals surface area contributed by atoms with Crippen molar-refractivity contribution < 1.29 is 9.26 Å². The number of rotatable bonds is 5. The molecule has 0 aliphatic carbocycles. The van der Waals surface area contributed by atoms with Gasteiger partial charge in [0.05, 0.1) is 24.5 Å². The maximum Gasteiger partial charge on any atom is 0.156 e. The molecule has 1 N–H and O–H groups in total. The van der Waals surface area contributed by atoms with Gasteiger partial charge in [-0.3, -0.25) is 4.98 Å². The molecule has 0 bridgehead atoms. The van der Waals surface area contributed by atoms with Crippen LogP contribution in [0.15, 0.2) is 47.4 Å². The maximum absolute atomic E-state index is 5.42. The van der Waals surface area contributed by atoms with Crippen molar-refractivity contribution in [3.8, 4) is 11.4 Å². The molecule has 1 atom stereocenters. The minimum Gasteiger partial charge on any atom is -0.381 e. The molecular formula is C17H17N5O2. The highest BCUT2D eigenvalue weighted by molar-refractivity contribution is 5.53. The number of aromatic nitrogens is 4. The van der Waals surface area contributed by atoms with Crippen LogP contribution in [0.5, 0.6) is 0 Å². The number of nitrogens with zero attached hydrogens (tertiary/aromatic N) is 4. The lowest BCUT2D eigenvalue weighted by molar-refractivity contribution is 0.193. The van der Waals surface area contributed by atoms with E-state index >= 15 is 0 Å². The predicted molar refractivity (Wildman–Crippen MR) is 87.3 cm³/mol. The average molecular weight is 323 g/mol. The summed E-state index contributed by atoms with van der Waals surface area (Å²) in [6.45, 7) is 2.02. The van der Waals surface area contributed by atoms with Gasteiger partial charge in [-0.2, -0.15) is 0 Å². The Labute approximate surface area is 139 Å². The Morgan fingerprint density at radius 3 is 2.96 bits per heavy atom. The normalized spacial score (nSPS) is 17.1. The molecule has 4 rings (SSSR count). The van der Waals surface area contributed by atoms with Crippen molar-refractivity contribution in [2.75, 3.05) is 18.5 Å². The Hall–Kier alpha value is -2.80. The summed E-state index contributed by atoms with van der Waals surface area (Å²) in [6, 6.07) is 9.53. The number of anilines is 1. The Balaban J connectivity index is 1.42. The van der Waals surface area contributed by atoms with Crippen LogP contribution in [-0.4, -0.2) is 33.3 Å². The molecule has 3 aromatic rings. The Kier molecular flexibility index (Phi) is 4.16. The number of pyridine rings is 1. The summed E-state index contributed by atoms with van der Waals surface area (Å²) in [5.41, 5.74) is 2.52. The summed E-state index contributed by atoms with van der Waals surface area (Å²) < 4.78 is 10.8. The minimum atomic E-state index is 0.356. The molecule has 1 unspecified atom stereocenters. The number of hydrogen-bond donors (Lipinski definition) is 1. The number of hydrogen-bond acceptors (Lipinski definition) is 7. The van der Waals surface area contributed by atoms with Crippen molar-refractivity contribution in [2.45, 2.75) is 18.9 Å². The summed E-state index contributed by atoms with van der Waals surface area (Å²) >= 11 is 0. The lowest BCUT2D eigenvalue weighted by Gasteiger charge is -2.08. The first-order valence-corrected chi connectivity index (χ1v) is 7.89. The predicted octanol–water partition coefficient (Wildman–Crippen LogP) is 2.64. The number of nitrogens with one attached hydrogen (secondary N) is 1. The van der Waals surface area contributed by atoms with Crippen LogP contribution in [0.25, 0.3) is 11.4 Å². The largest absolute Gasteiger partial charge is 0.381 e. The van der Waals surface area contributed by atoms with E-state index in [4.69, 9.17) is 9.26 Å². The second-order valence-electron chi connectivity index (χ2n) is 5.64. The van der Waals surface area contributed by atoms with Gasteiger partial charge in [0.25, 0.3) is 0 Å². The monoisotopic (exact) mass is 323 g/mol. The summed E-state index contributed by atoms with van der Waals surface area (Å²) in [5.74, 6) is 1.84. The third kappa shape index (κ3) is 3.26. The smallest absolute Gasteiger partial charge is 0.156 e. The van der Waals surface area contributed by atoms with Crippen molar-refractivity contribution in [3.63, 3.8) is 0 Å². The second-order valence-corrected chi connectivity index (χ2v) is 5.64. The van der Waals surface area contributed by atoms with Crippen LogP contribution in [-0.2, 0) is 11.3 Å². The van der Waals surface area contributed by atoms with Gasteiger partial charge in [-0.25, -0.2) is 9.97 Å². The van der Waals surface area contributed by atoms with Crippen molar-refractivity contribution >= 4 is 5.82 Å². The molecule has 1 aliphatic rings. The van der Waals surface area contributed by atoms with Gasteiger partial charge in [0.15, 0.2) is 5.76 Å². The van der Waals surface area contributed by atoms with Crippen LogP contribution in [0.3, 0.4) is 0 Å². The molecule has 0 spiro atoms. The van der Waals surface area contributed by atoms with E-state index < -0.39 is 0 Å². The van der Waals surface area contributed by atoms with Crippen molar-refractivity contribution in [3.05, 3.63) is 54.3 Å². The first-order chi connectivity index (χ1) is 11.9. The van der Waals surface area contributed by atoms with Crippen molar-refractivity contribution in [2.24, 2.45) is 0 Å². The van der Waals surface area contributed by atoms with Gasteiger partial charge in [-0.15, -0.1) is 0 Å². The molecule has 1 fully saturated rings. The lowest BCUT2D eigenvalue weighted by atomic mass is 10.1. The van der Waals surface area contributed by atoms with E-state index in [2.05, 4.69) is 25.4 Å². The van der Waals surface area contributed by atoms with Gasteiger partial charge in [0.1, 0.15) is 17.8 Å². The maximum atomic E-state index is 5.42. The summed E-state index contributed by atoms with van der Waals surface area (Å²) in [6.07, 6.45) is 4.32. The highest BCUT2D eigenvalue weighted by atomic mass is 16.5. The molecule has 1 aliphatic heterocycles. The fourth-order valence-electron chi connectivity index (χ4n) is 2.67. The minimum absolute atomic E-state index is 0.356. The zero-order valence-corrected chi connectivity index (χ0v) is 13.1. The van der Waals surface area contributed by atoms with E-state index in [0.29, 0.717) is 12.5 Å². The molecule has 122 valence electrons. The summed E-state index contributed by atoms with van der Waals surface area (Å²) in [7, 11) is 0. The van der Waals surface area contributed by atoms with E-state index in [1.165, 1.54) is 0 Å². The van der Waals surface area contributed by atoms with Crippen LogP contribution in [0.4, 0.5) is 5.82 Å². The molecule has 0 amide bonds. The van der Waals surface area contributed by atoms with Crippen LogP contribution < -0.4 is 5.32 Å². The second kappa shape index (κ2) is 6.76. The van der Waals surface area contributed by atoms with E-state index in [0.717, 1.165) is 48.3 Å². The molecule has 3 aromatic heterocycles. The molecule has 0 aromatic carbocycles. The third-order valence-corrected chi connectivity index (χ3v) is 3.97. The highest BCUT2D eigenvalue weighted by Crippen LogP contribution is 2.24. The standard InChI is InChI=1S/C17H17N5O2/c1-2-5-18-14(3-1)16-7-13(24-22-16)9-19-17-8-15(20-11-21-17)12-4-6-23-10-12/h1-3,5,7-8,11-12H,4,6,9-10H2,(H,19,20,21). The van der Waals surface area contributed by atoms with Gasteiger partial charge in [0.2, 0.25) is 0 Å². The third-order valence-electron chi connectivity index (χ3n) is 3.97. The first kappa shape index (κ1) is 14.8. The summed E-state index contributed by atoms with van der Waals surface area (Å²) in [5, 5.41) is 7.30. The van der Waals surface area contributed by atoms with Gasteiger partial charge >= 0.3 is 0 Å². The van der Waals surface area contributed by atoms with Crippen molar-refractivity contribution in [1.82, 2.24) is 20.1 Å². The van der Waals surface area contributed by atoms with Gasteiger partial charge in [0, 0.05) is 30.9 Å². The molecule has 0 saturated carbocycles. The molecule has 0 radical (unpaired) electrons. The average Bonchev–Trinajstić information content (AvgIpc) is 3.33. The van der Waals surface area contributed by atoms with E-state index in [-0.39, 0.29) is 0 Å². The highest BCUT2D eigenvalue weighted by Gasteiger charge is 2.19. The van der Waals surface area contributed by atoms with Gasteiger partial charge in [-0.1, -0.05) is 11.2 Å². The zero-order valence-electron chi connectivity index (χ0n) is 13.1. The molecule has 4 heterocycles. The van der Waals surface area contributed by atoms with Gasteiger partial charge in [-0.05, 0) is 18.6 Å². The van der Waals surface area contributed by atoms with Crippen LogP contribution in [0.2, 0.25) is 0 Å². The molecule has 7 heteroatoms. The summed E-state index contributed by atoms with van der Waals surface area (Å²) in [4.78, 5) is 12.9. The van der Waals surface area contributed by atoms with Crippen molar-refractivity contribution in [1.29, 1.82) is 0 Å². The van der Waals surface area contributed by atoms with E-state index in [1.807, 2.05) is 30.3 Å². The van der Waals surface area contributed by atoms with E-state index in [1.54, 1.807) is 12.5 Å². The molecular weight excluding hydrogens is 306 g/mol. The van der Waals surface area contributed by atoms with Crippen LogP contribution in [0, 0.1) is 0 Å².